The molecule has 2 rings (SSSR count). The molecule has 1 heterocycles. The third kappa shape index (κ3) is 4.35. The Labute approximate surface area is 135 Å². The van der Waals surface area contributed by atoms with Crippen molar-refractivity contribution in [2.45, 2.75) is 33.1 Å². The Bertz CT molecular complexity index is 610. The van der Waals surface area contributed by atoms with E-state index in [0.29, 0.717) is 10.7 Å². The molecule has 21 heavy (non-hydrogen) atoms. The van der Waals surface area contributed by atoms with Crippen LogP contribution in [-0.2, 0) is 6.42 Å². The molecule has 116 valence electrons. The van der Waals surface area contributed by atoms with Gasteiger partial charge in [0.1, 0.15) is 16.5 Å². The predicted octanol–water partition coefficient (Wildman–Crippen LogP) is 2.01. The monoisotopic (exact) mass is 355 g/mol. The fourth-order valence-corrected chi connectivity index (χ4v) is 2.51. The zero-order valence-corrected chi connectivity index (χ0v) is 14.2. The predicted molar refractivity (Wildman–Crippen MR) is 86.9 cm³/mol. The second kappa shape index (κ2) is 8.24. The molecule has 0 aliphatic carbocycles. The maximum atomic E-state index is 11.3. The number of halogens is 1. The summed E-state index contributed by atoms with van der Waals surface area (Å²) in [7, 11) is 0. The number of hydrogen-bond acceptors (Lipinski definition) is 3. The van der Waals surface area contributed by atoms with E-state index in [-0.39, 0.29) is 22.7 Å². The van der Waals surface area contributed by atoms with Crippen molar-refractivity contribution in [3.05, 3.63) is 28.4 Å². The Kier molecular flexibility index (Phi) is 6.98. The lowest BCUT2D eigenvalue weighted by Crippen LogP contribution is -2.32. The van der Waals surface area contributed by atoms with Crippen molar-refractivity contribution >= 4 is 23.0 Å². The number of benzene rings is 1. The quantitative estimate of drug-likeness (QED) is 0.813. The van der Waals surface area contributed by atoms with Gasteiger partial charge in [0.15, 0.2) is 0 Å². The van der Waals surface area contributed by atoms with Crippen LogP contribution in [0.15, 0.2) is 22.1 Å². The zero-order valence-electron chi connectivity index (χ0n) is 12.5. The van der Waals surface area contributed by atoms with Gasteiger partial charge in [-0.25, -0.2) is 4.79 Å². The smallest absolute Gasteiger partial charge is 0.368 e. The average Bonchev–Trinajstić information content (AvgIpc) is 2.81. The average molecular weight is 356 g/mol. The van der Waals surface area contributed by atoms with Gasteiger partial charge in [0.05, 0.1) is 0 Å². The summed E-state index contributed by atoms with van der Waals surface area (Å²) in [6.45, 7) is 7.44. The van der Waals surface area contributed by atoms with E-state index >= 15 is 0 Å². The van der Waals surface area contributed by atoms with Gasteiger partial charge in [0, 0.05) is 6.54 Å². The van der Waals surface area contributed by atoms with E-state index in [0.717, 1.165) is 44.5 Å². The Morgan fingerprint density at radius 2 is 1.67 bits per heavy atom. The Hall–Kier alpha value is -1.27. The van der Waals surface area contributed by atoms with Crippen molar-refractivity contribution in [3.8, 4) is 5.75 Å². The Morgan fingerprint density at radius 1 is 1.05 bits per heavy atom. The minimum Gasteiger partial charge on any atom is -0.506 e. The van der Waals surface area contributed by atoms with Crippen LogP contribution in [0.3, 0.4) is 0 Å². The van der Waals surface area contributed by atoms with Crippen LogP contribution in [0.4, 0.5) is 4.79 Å². The summed E-state index contributed by atoms with van der Waals surface area (Å²) in [6.07, 6.45) is 3.08. The molecule has 1 aromatic rings. The lowest BCUT2D eigenvalue weighted by atomic mass is 10.1. The van der Waals surface area contributed by atoms with E-state index < -0.39 is 6.03 Å². The first-order valence-corrected chi connectivity index (χ1v) is 7.20. The first kappa shape index (κ1) is 17.8. The minimum atomic E-state index is -0.526. The zero-order chi connectivity index (χ0) is 14.5. The van der Waals surface area contributed by atoms with Gasteiger partial charge in [-0.05, 0) is 44.0 Å². The van der Waals surface area contributed by atoms with Gasteiger partial charge in [0.25, 0.3) is 0 Å². The molecule has 0 unspecified atom stereocenters. The number of amides is 2. The highest BCUT2D eigenvalue weighted by Gasteiger charge is 2.13. The summed E-state index contributed by atoms with van der Waals surface area (Å²) in [6, 6.07) is 2.90. The van der Waals surface area contributed by atoms with Crippen molar-refractivity contribution in [2.75, 3.05) is 19.6 Å². The summed E-state index contributed by atoms with van der Waals surface area (Å²) < 4.78 is 0. The molecule has 0 atom stereocenters. The van der Waals surface area contributed by atoms with Gasteiger partial charge in [-0.3, -0.25) is 0 Å². The molecule has 1 N–H and O–H groups in total. The van der Waals surface area contributed by atoms with Crippen molar-refractivity contribution in [1.82, 2.24) is 4.90 Å². The molecule has 6 heteroatoms. The second-order valence-corrected chi connectivity index (χ2v) is 5.04. The van der Waals surface area contributed by atoms with Crippen LogP contribution in [0, 0.1) is 0 Å². The third-order valence-electron chi connectivity index (χ3n) is 3.41. The standard InChI is InChI=1S/C15H21N3O2.BrH/c1-3-8-18(9-4-2)10-7-11-5-6-12(19)14-13(11)16-15(20)17-14;/h5-6,19H,3-4,7-10H2,1-2H3;1H. The number of rotatable bonds is 7. The van der Waals surface area contributed by atoms with Crippen LogP contribution in [0.2, 0.25) is 0 Å². The largest absolute Gasteiger partial charge is 0.506 e. The van der Waals surface area contributed by atoms with E-state index in [1.807, 2.05) is 6.07 Å². The van der Waals surface area contributed by atoms with E-state index in [1.165, 1.54) is 0 Å². The highest BCUT2D eigenvalue weighted by molar-refractivity contribution is 8.93. The van der Waals surface area contributed by atoms with E-state index in [2.05, 4.69) is 28.7 Å². The van der Waals surface area contributed by atoms with E-state index in [1.54, 1.807) is 6.07 Å². The number of carbonyl (C=O) groups excluding carboxylic acids is 1. The molecular formula is C15H22BrN3O2. The van der Waals surface area contributed by atoms with Crippen LogP contribution >= 0.6 is 17.0 Å². The summed E-state index contributed by atoms with van der Waals surface area (Å²) in [4.78, 5) is 21.3. The number of urea groups is 1. The molecule has 1 aliphatic heterocycles. The maximum Gasteiger partial charge on any atom is 0.368 e. The lowest BCUT2D eigenvalue weighted by molar-refractivity contribution is 0.256. The van der Waals surface area contributed by atoms with E-state index in [9.17, 15) is 9.90 Å². The van der Waals surface area contributed by atoms with Crippen molar-refractivity contribution in [1.29, 1.82) is 0 Å². The number of nitrogens with zero attached hydrogens (tertiary/aromatic N) is 3. The number of aromatic hydroxyl groups is 1. The SMILES string of the molecule is Br.CCCN(CCC)CCc1ccc(O)c2c1=NC(=O)N=2. The van der Waals surface area contributed by atoms with Crippen LogP contribution < -0.4 is 10.7 Å². The highest BCUT2D eigenvalue weighted by Crippen LogP contribution is 2.05. The summed E-state index contributed by atoms with van der Waals surface area (Å²) in [5.41, 5.74) is 0.976. The summed E-state index contributed by atoms with van der Waals surface area (Å²) in [5, 5.41) is 10.6. The molecular weight excluding hydrogens is 334 g/mol. The fraction of sp³-hybridized carbons (Fsp3) is 0.533. The lowest BCUT2D eigenvalue weighted by Gasteiger charge is -2.20. The Morgan fingerprint density at radius 3 is 2.29 bits per heavy atom. The molecule has 0 saturated carbocycles. The van der Waals surface area contributed by atoms with Crippen LogP contribution in [-0.4, -0.2) is 35.7 Å². The molecule has 0 bridgehead atoms. The van der Waals surface area contributed by atoms with Crippen molar-refractivity contribution in [2.24, 2.45) is 9.98 Å². The second-order valence-electron chi connectivity index (χ2n) is 5.04. The molecule has 0 radical (unpaired) electrons. The highest BCUT2D eigenvalue weighted by atomic mass is 79.9. The van der Waals surface area contributed by atoms with Crippen LogP contribution in [0.1, 0.15) is 32.3 Å². The van der Waals surface area contributed by atoms with Crippen molar-refractivity contribution in [3.63, 3.8) is 0 Å². The molecule has 5 nitrogen and oxygen atoms in total. The number of carbonyl (C=O) groups is 1. The molecule has 0 fully saturated rings. The Balaban J connectivity index is 0.00000220. The number of fused-ring (bicyclic) bond motifs is 1. The van der Waals surface area contributed by atoms with Gasteiger partial charge in [0.2, 0.25) is 0 Å². The third-order valence-corrected chi connectivity index (χ3v) is 3.41. The van der Waals surface area contributed by atoms with Gasteiger partial charge in [-0.1, -0.05) is 19.9 Å². The van der Waals surface area contributed by atoms with Crippen molar-refractivity contribution < 1.29 is 9.90 Å². The summed E-state index contributed by atoms with van der Waals surface area (Å²) >= 11 is 0. The topological polar surface area (TPSA) is 65.3 Å². The minimum absolute atomic E-state index is 0. The molecule has 0 saturated heterocycles. The van der Waals surface area contributed by atoms with Gasteiger partial charge in [-0.15, -0.1) is 17.0 Å². The first-order chi connectivity index (χ1) is 9.65. The number of hydrogen-bond donors (Lipinski definition) is 1. The van der Waals surface area contributed by atoms with Gasteiger partial charge < -0.3 is 10.0 Å². The van der Waals surface area contributed by atoms with Crippen LogP contribution in [0.5, 0.6) is 5.75 Å². The van der Waals surface area contributed by atoms with E-state index in [4.69, 9.17) is 0 Å². The molecule has 2 amide bonds. The molecule has 1 aliphatic rings. The molecule has 1 aromatic carbocycles. The van der Waals surface area contributed by atoms with Crippen LogP contribution in [0.25, 0.3) is 0 Å². The molecule has 0 aromatic heterocycles. The normalized spacial score (nSPS) is 12.6. The molecule has 0 spiro atoms. The number of phenolic OH excluding ortho intramolecular Hbond substituents is 1. The number of phenols is 1. The van der Waals surface area contributed by atoms with Gasteiger partial charge in [-0.2, -0.15) is 9.98 Å². The summed E-state index contributed by atoms with van der Waals surface area (Å²) in [5.74, 6) is 0.0253. The maximum absolute atomic E-state index is 11.3. The fourth-order valence-electron chi connectivity index (χ4n) is 2.51. The van der Waals surface area contributed by atoms with Gasteiger partial charge >= 0.3 is 6.03 Å². The first-order valence-electron chi connectivity index (χ1n) is 7.20.